The highest BCUT2D eigenvalue weighted by Crippen LogP contribution is 2.36. The van der Waals surface area contributed by atoms with Gasteiger partial charge in [-0.1, -0.05) is 18.1 Å². The van der Waals surface area contributed by atoms with Crippen LogP contribution in [0.15, 0.2) is 36.4 Å². The van der Waals surface area contributed by atoms with Crippen molar-refractivity contribution in [3.05, 3.63) is 64.2 Å². The van der Waals surface area contributed by atoms with Gasteiger partial charge in [-0.2, -0.15) is 13.2 Å². The van der Waals surface area contributed by atoms with Crippen LogP contribution in [0.3, 0.4) is 0 Å². The van der Waals surface area contributed by atoms with E-state index in [-0.39, 0.29) is 17.8 Å². The molecule has 7 heteroatoms. The van der Waals surface area contributed by atoms with Gasteiger partial charge in [0.15, 0.2) is 0 Å². The number of alkyl halides is 3. The lowest BCUT2D eigenvalue weighted by atomic mass is 10.0. The number of anilines is 1. The zero-order chi connectivity index (χ0) is 21.9. The maximum atomic E-state index is 13.7. The zero-order valence-corrected chi connectivity index (χ0v) is 17.0. The number of benzene rings is 2. The van der Waals surface area contributed by atoms with Gasteiger partial charge in [0.1, 0.15) is 0 Å². The third kappa shape index (κ3) is 5.02. The number of halogens is 3. The summed E-state index contributed by atoms with van der Waals surface area (Å²) in [6.07, 6.45) is 0.952. The average molecular weight is 415 g/mol. The summed E-state index contributed by atoms with van der Waals surface area (Å²) in [6.45, 7) is 4.85. The molecule has 2 aromatic carbocycles. The Labute approximate surface area is 174 Å². The second kappa shape index (κ2) is 8.90. The fourth-order valence-corrected chi connectivity index (χ4v) is 3.48. The van der Waals surface area contributed by atoms with E-state index < -0.39 is 17.6 Å². The standard InChI is InChI=1S/C23H24F3N3O/c1-4-17-14-18(9-8-16(17)2)22(30)27-21-7-5-6-20(23(24,25)26)19(21)15-29-12-10-28(3)11-13-29/h1,5-9,14H,10-13,15H2,2-3H3,(H,27,30). The molecular weight excluding hydrogens is 391 g/mol. The van der Waals surface area contributed by atoms with E-state index in [2.05, 4.69) is 16.1 Å². The van der Waals surface area contributed by atoms with Crippen LogP contribution in [0.25, 0.3) is 0 Å². The van der Waals surface area contributed by atoms with Crippen LogP contribution in [0.4, 0.5) is 18.9 Å². The predicted molar refractivity (Wildman–Crippen MR) is 111 cm³/mol. The Hall–Kier alpha value is -2.82. The summed E-state index contributed by atoms with van der Waals surface area (Å²) in [5.41, 5.74) is 1.24. The third-order valence-corrected chi connectivity index (χ3v) is 5.36. The van der Waals surface area contributed by atoms with Gasteiger partial charge >= 0.3 is 6.18 Å². The van der Waals surface area contributed by atoms with Crippen LogP contribution in [-0.2, 0) is 12.7 Å². The number of hydrogen-bond acceptors (Lipinski definition) is 3. The molecule has 0 aromatic heterocycles. The molecule has 0 unspecified atom stereocenters. The summed E-state index contributed by atoms with van der Waals surface area (Å²) < 4.78 is 41.1. The van der Waals surface area contributed by atoms with Crippen LogP contribution in [0.1, 0.15) is 32.6 Å². The monoisotopic (exact) mass is 415 g/mol. The molecule has 1 fully saturated rings. The molecule has 1 aliphatic heterocycles. The summed E-state index contributed by atoms with van der Waals surface area (Å²) in [5, 5.41) is 2.66. The zero-order valence-electron chi connectivity index (χ0n) is 17.0. The number of hydrogen-bond donors (Lipinski definition) is 1. The molecule has 1 N–H and O–H groups in total. The quantitative estimate of drug-likeness (QED) is 0.767. The molecule has 1 heterocycles. The summed E-state index contributed by atoms with van der Waals surface area (Å²) in [7, 11) is 1.98. The first-order valence-electron chi connectivity index (χ1n) is 9.67. The topological polar surface area (TPSA) is 35.6 Å². The molecular formula is C23H24F3N3O. The number of carbonyl (C=O) groups excluding carboxylic acids is 1. The third-order valence-electron chi connectivity index (χ3n) is 5.36. The van der Waals surface area contributed by atoms with Crippen LogP contribution in [-0.4, -0.2) is 48.9 Å². The maximum absolute atomic E-state index is 13.7. The van der Waals surface area contributed by atoms with E-state index in [9.17, 15) is 18.0 Å². The Morgan fingerprint density at radius 3 is 2.50 bits per heavy atom. The molecule has 3 rings (SSSR count). The van der Waals surface area contributed by atoms with Crippen molar-refractivity contribution >= 4 is 11.6 Å². The van der Waals surface area contributed by atoms with Crippen molar-refractivity contribution in [2.75, 3.05) is 38.5 Å². The first-order valence-corrected chi connectivity index (χ1v) is 9.67. The number of terminal acetylenes is 1. The minimum Gasteiger partial charge on any atom is -0.322 e. The smallest absolute Gasteiger partial charge is 0.322 e. The van der Waals surface area contributed by atoms with E-state index in [1.807, 2.05) is 18.9 Å². The molecule has 1 amide bonds. The minimum atomic E-state index is -4.51. The van der Waals surface area contributed by atoms with Crippen molar-refractivity contribution in [2.24, 2.45) is 0 Å². The summed E-state index contributed by atoms with van der Waals surface area (Å²) in [4.78, 5) is 16.9. The number of rotatable bonds is 4. The summed E-state index contributed by atoms with van der Waals surface area (Å²) in [6, 6.07) is 8.78. The Bertz CT molecular complexity index is 971. The maximum Gasteiger partial charge on any atom is 0.416 e. The predicted octanol–water partition coefficient (Wildman–Crippen LogP) is 3.99. The van der Waals surface area contributed by atoms with Crippen molar-refractivity contribution in [3.8, 4) is 12.3 Å². The van der Waals surface area contributed by atoms with E-state index in [1.165, 1.54) is 12.1 Å². The highest BCUT2D eigenvalue weighted by atomic mass is 19.4. The molecule has 0 aliphatic carbocycles. The highest BCUT2D eigenvalue weighted by molar-refractivity contribution is 6.05. The largest absolute Gasteiger partial charge is 0.416 e. The van der Waals surface area contributed by atoms with Crippen LogP contribution in [0, 0.1) is 19.3 Å². The Morgan fingerprint density at radius 1 is 1.17 bits per heavy atom. The van der Waals surface area contributed by atoms with E-state index >= 15 is 0 Å². The molecule has 4 nitrogen and oxygen atoms in total. The molecule has 0 bridgehead atoms. The molecule has 30 heavy (non-hydrogen) atoms. The number of aryl methyl sites for hydroxylation is 1. The van der Waals surface area contributed by atoms with Crippen LogP contribution >= 0.6 is 0 Å². The number of carbonyl (C=O) groups is 1. The van der Waals surface area contributed by atoms with E-state index in [4.69, 9.17) is 6.42 Å². The van der Waals surface area contributed by atoms with Gasteiger partial charge < -0.3 is 10.2 Å². The van der Waals surface area contributed by atoms with E-state index in [0.717, 1.165) is 24.7 Å². The fourth-order valence-electron chi connectivity index (χ4n) is 3.48. The lowest BCUT2D eigenvalue weighted by Crippen LogP contribution is -2.44. The van der Waals surface area contributed by atoms with Gasteiger partial charge in [-0.15, -0.1) is 6.42 Å². The lowest BCUT2D eigenvalue weighted by Gasteiger charge is -2.33. The number of likely N-dealkylation sites (N-methyl/N-ethyl adjacent to an activating group) is 1. The van der Waals surface area contributed by atoms with E-state index in [1.54, 1.807) is 18.2 Å². The highest BCUT2D eigenvalue weighted by Gasteiger charge is 2.35. The average Bonchev–Trinajstić information content (AvgIpc) is 2.70. The van der Waals surface area contributed by atoms with Gasteiger partial charge in [0.05, 0.1) is 5.56 Å². The van der Waals surface area contributed by atoms with Crippen molar-refractivity contribution in [3.63, 3.8) is 0 Å². The fraction of sp³-hybridized carbons (Fsp3) is 0.348. The Balaban J connectivity index is 1.92. The summed E-state index contributed by atoms with van der Waals surface area (Å²) >= 11 is 0. The van der Waals surface area contributed by atoms with Crippen molar-refractivity contribution in [1.82, 2.24) is 9.80 Å². The Morgan fingerprint density at radius 2 is 1.87 bits per heavy atom. The SMILES string of the molecule is C#Cc1cc(C(=O)Nc2cccc(C(F)(F)F)c2CN2CCN(C)CC2)ccc1C. The van der Waals surface area contributed by atoms with Gasteiger partial charge in [-0.05, 0) is 43.8 Å². The van der Waals surface area contributed by atoms with Crippen LogP contribution in [0.2, 0.25) is 0 Å². The first kappa shape index (κ1) is 21.9. The van der Waals surface area contributed by atoms with E-state index in [0.29, 0.717) is 24.2 Å². The molecule has 2 aromatic rings. The second-order valence-electron chi connectivity index (χ2n) is 7.54. The first-order chi connectivity index (χ1) is 14.2. The van der Waals surface area contributed by atoms with Crippen LogP contribution in [0.5, 0.6) is 0 Å². The molecule has 1 aliphatic rings. The Kier molecular flexibility index (Phi) is 6.49. The molecule has 0 atom stereocenters. The normalized spacial score (nSPS) is 15.6. The summed E-state index contributed by atoms with van der Waals surface area (Å²) in [5.74, 6) is 2.02. The number of nitrogens with zero attached hydrogens (tertiary/aromatic N) is 2. The number of amides is 1. The van der Waals surface area contributed by atoms with Crippen molar-refractivity contribution < 1.29 is 18.0 Å². The van der Waals surface area contributed by atoms with Crippen LogP contribution < -0.4 is 5.32 Å². The number of nitrogens with one attached hydrogen (secondary N) is 1. The van der Waals surface area contributed by atoms with Gasteiger partial charge in [0, 0.05) is 55.1 Å². The molecule has 0 saturated carbocycles. The molecule has 0 spiro atoms. The van der Waals surface area contributed by atoms with Gasteiger partial charge in [0.25, 0.3) is 5.91 Å². The van der Waals surface area contributed by atoms with Gasteiger partial charge in [-0.25, -0.2) is 0 Å². The van der Waals surface area contributed by atoms with Crippen molar-refractivity contribution in [1.29, 1.82) is 0 Å². The van der Waals surface area contributed by atoms with Crippen molar-refractivity contribution in [2.45, 2.75) is 19.6 Å². The lowest BCUT2D eigenvalue weighted by molar-refractivity contribution is -0.138. The molecule has 158 valence electrons. The van der Waals surface area contributed by atoms with Gasteiger partial charge in [0.2, 0.25) is 0 Å². The minimum absolute atomic E-state index is 0.0761. The van der Waals surface area contributed by atoms with Gasteiger partial charge in [-0.3, -0.25) is 9.69 Å². The second-order valence-corrected chi connectivity index (χ2v) is 7.54. The molecule has 0 radical (unpaired) electrons. The number of piperazine rings is 1. The molecule has 1 saturated heterocycles.